The van der Waals surface area contributed by atoms with E-state index in [2.05, 4.69) is 20.9 Å². The van der Waals surface area contributed by atoms with Crippen molar-refractivity contribution in [2.75, 3.05) is 11.9 Å². The van der Waals surface area contributed by atoms with Gasteiger partial charge >= 0.3 is 5.97 Å². The predicted octanol–water partition coefficient (Wildman–Crippen LogP) is 2.31. The monoisotopic (exact) mass is 536 g/mol. The SMILES string of the molecule is Cc1ccc(S(=O)(=O)[C@@](Cc2ccc(NC(=O)c3ccncc3)cc2)(NC(=O)[C@@H]2CCCN2)C(=O)O)cc1. The molecule has 0 saturated carbocycles. The number of aliphatic carboxylic acids is 1. The van der Waals surface area contributed by atoms with Crippen LogP contribution in [0.4, 0.5) is 5.69 Å². The minimum atomic E-state index is -4.60. The van der Waals surface area contributed by atoms with E-state index in [1.54, 1.807) is 43.3 Å². The third-order valence-electron chi connectivity index (χ3n) is 6.44. The fourth-order valence-corrected chi connectivity index (χ4v) is 5.98. The van der Waals surface area contributed by atoms with Crippen LogP contribution < -0.4 is 16.0 Å². The Bertz CT molecular complexity index is 1420. The summed E-state index contributed by atoms with van der Waals surface area (Å²) in [5.41, 5.74) is 1.97. The molecule has 1 aliphatic rings. The van der Waals surface area contributed by atoms with Gasteiger partial charge in [0, 0.05) is 30.1 Å². The zero-order valence-corrected chi connectivity index (χ0v) is 21.5. The Morgan fingerprint density at radius 3 is 2.26 bits per heavy atom. The van der Waals surface area contributed by atoms with Crippen molar-refractivity contribution in [1.29, 1.82) is 0 Å². The van der Waals surface area contributed by atoms with Crippen molar-refractivity contribution in [2.45, 2.75) is 42.0 Å². The Balaban J connectivity index is 1.67. The van der Waals surface area contributed by atoms with E-state index in [-0.39, 0.29) is 10.8 Å². The summed E-state index contributed by atoms with van der Waals surface area (Å²) < 4.78 is 27.7. The summed E-state index contributed by atoms with van der Waals surface area (Å²) >= 11 is 0. The number of nitrogens with zero attached hydrogens (tertiary/aromatic N) is 1. The van der Waals surface area contributed by atoms with Gasteiger partial charge in [0.05, 0.1) is 10.9 Å². The summed E-state index contributed by atoms with van der Waals surface area (Å²) in [5, 5.41) is 18.4. The zero-order valence-electron chi connectivity index (χ0n) is 20.7. The fraction of sp³-hybridized carbons (Fsp3) is 0.259. The van der Waals surface area contributed by atoms with Gasteiger partial charge in [-0.25, -0.2) is 13.2 Å². The Kier molecular flexibility index (Phi) is 7.88. The first kappa shape index (κ1) is 27.0. The van der Waals surface area contributed by atoms with E-state index < -0.39 is 39.0 Å². The summed E-state index contributed by atoms with van der Waals surface area (Å²) in [7, 11) is -4.60. The van der Waals surface area contributed by atoms with Gasteiger partial charge in [-0.1, -0.05) is 29.8 Å². The second-order valence-electron chi connectivity index (χ2n) is 9.15. The van der Waals surface area contributed by atoms with Crippen molar-refractivity contribution in [3.05, 3.63) is 89.7 Å². The number of carboxylic acid groups (broad SMARTS) is 1. The number of hydrogen-bond acceptors (Lipinski definition) is 7. The first-order valence-corrected chi connectivity index (χ1v) is 13.5. The van der Waals surface area contributed by atoms with E-state index in [9.17, 15) is 27.9 Å². The number of carbonyl (C=O) groups is 3. The molecule has 2 amide bonds. The number of sulfone groups is 1. The molecule has 2 aromatic carbocycles. The number of anilines is 1. The Labute approximate surface area is 220 Å². The molecule has 0 aliphatic carbocycles. The lowest BCUT2D eigenvalue weighted by molar-refractivity contribution is -0.143. The molecule has 2 heterocycles. The number of nitrogens with one attached hydrogen (secondary N) is 3. The van der Waals surface area contributed by atoms with E-state index in [1.807, 2.05) is 0 Å². The molecule has 3 aromatic rings. The van der Waals surface area contributed by atoms with Crippen molar-refractivity contribution in [3.63, 3.8) is 0 Å². The van der Waals surface area contributed by atoms with Crippen LogP contribution in [-0.4, -0.2) is 53.7 Å². The van der Waals surface area contributed by atoms with Crippen LogP contribution in [0.2, 0.25) is 0 Å². The molecule has 4 N–H and O–H groups in total. The molecule has 2 atom stereocenters. The molecule has 11 heteroatoms. The molecule has 38 heavy (non-hydrogen) atoms. The molecule has 0 spiro atoms. The first-order chi connectivity index (χ1) is 18.1. The summed E-state index contributed by atoms with van der Waals surface area (Å²) in [6.45, 7) is 2.36. The second-order valence-corrected chi connectivity index (χ2v) is 11.3. The highest BCUT2D eigenvalue weighted by Crippen LogP contribution is 2.30. The number of rotatable bonds is 9. The lowest BCUT2D eigenvalue weighted by atomic mass is 10.0. The maximum atomic E-state index is 13.9. The first-order valence-electron chi connectivity index (χ1n) is 12.0. The predicted molar refractivity (Wildman–Crippen MR) is 140 cm³/mol. The topological polar surface area (TPSA) is 155 Å². The van der Waals surface area contributed by atoms with Crippen LogP contribution in [0.15, 0.2) is 78.0 Å². The molecule has 1 fully saturated rings. The molecule has 0 radical (unpaired) electrons. The highest BCUT2D eigenvalue weighted by Gasteiger charge is 2.54. The standard InChI is InChI=1S/C27H28N4O6S/c1-18-4-10-22(11-5-18)38(36,37)27(26(34)35,31-25(33)23-3-2-14-29-23)17-19-6-8-21(9-7-19)30-24(32)20-12-15-28-16-13-20/h4-13,15-16,23,29H,2-3,14,17H2,1H3,(H,30,32)(H,31,33)(H,34,35)/t23-,27+/m0/s1. The smallest absolute Gasteiger partial charge is 0.346 e. The van der Waals surface area contributed by atoms with Crippen molar-refractivity contribution in [2.24, 2.45) is 0 Å². The van der Waals surface area contributed by atoms with Crippen LogP contribution in [0.25, 0.3) is 0 Å². The van der Waals surface area contributed by atoms with E-state index in [0.29, 0.717) is 29.8 Å². The van der Waals surface area contributed by atoms with Gasteiger partial charge in [0.15, 0.2) is 0 Å². The molecular formula is C27H28N4O6S. The molecule has 0 bridgehead atoms. The van der Waals surface area contributed by atoms with Gasteiger partial charge < -0.3 is 21.1 Å². The highest BCUT2D eigenvalue weighted by atomic mass is 32.2. The lowest BCUT2D eigenvalue weighted by Crippen LogP contribution is -2.63. The maximum absolute atomic E-state index is 13.9. The number of pyridine rings is 1. The van der Waals surface area contributed by atoms with Gasteiger partial charge in [0.1, 0.15) is 0 Å². The minimum absolute atomic E-state index is 0.216. The van der Waals surface area contributed by atoms with E-state index in [1.165, 1.54) is 36.7 Å². The van der Waals surface area contributed by atoms with Crippen LogP contribution in [0.3, 0.4) is 0 Å². The molecule has 0 unspecified atom stereocenters. The van der Waals surface area contributed by atoms with Gasteiger partial charge in [-0.3, -0.25) is 14.6 Å². The third kappa shape index (κ3) is 5.58. The molecule has 198 valence electrons. The molecule has 1 aliphatic heterocycles. The number of benzene rings is 2. The van der Waals surface area contributed by atoms with Gasteiger partial charge in [-0.2, -0.15) is 0 Å². The van der Waals surface area contributed by atoms with E-state index in [0.717, 1.165) is 12.0 Å². The molecular weight excluding hydrogens is 508 g/mol. The van der Waals surface area contributed by atoms with Crippen LogP contribution in [0.5, 0.6) is 0 Å². The van der Waals surface area contributed by atoms with Crippen molar-refractivity contribution in [3.8, 4) is 0 Å². The number of aryl methyl sites for hydroxylation is 1. The summed E-state index contributed by atoms with van der Waals surface area (Å²) in [4.78, 5) is 39.2. The van der Waals surface area contributed by atoms with E-state index in [4.69, 9.17) is 0 Å². The molecule has 1 aromatic heterocycles. The maximum Gasteiger partial charge on any atom is 0.346 e. The number of carbonyl (C=O) groups excluding carboxylic acids is 2. The van der Waals surface area contributed by atoms with Crippen molar-refractivity contribution >= 4 is 33.3 Å². The Morgan fingerprint density at radius 2 is 1.68 bits per heavy atom. The number of carboxylic acids is 1. The minimum Gasteiger partial charge on any atom is -0.479 e. The van der Waals surface area contributed by atoms with Gasteiger partial charge in [0.2, 0.25) is 20.6 Å². The fourth-order valence-electron chi connectivity index (χ4n) is 4.26. The normalized spacial score (nSPS) is 16.8. The molecule has 10 nitrogen and oxygen atoms in total. The molecule has 1 saturated heterocycles. The van der Waals surface area contributed by atoms with E-state index >= 15 is 0 Å². The van der Waals surface area contributed by atoms with Crippen LogP contribution in [-0.2, 0) is 25.8 Å². The number of amides is 2. The zero-order chi connectivity index (χ0) is 27.3. The summed E-state index contributed by atoms with van der Waals surface area (Å²) in [6.07, 6.45) is 3.64. The Morgan fingerprint density at radius 1 is 1.03 bits per heavy atom. The van der Waals surface area contributed by atoms with Crippen molar-refractivity contribution in [1.82, 2.24) is 15.6 Å². The van der Waals surface area contributed by atoms with Gasteiger partial charge in [-0.15, -0.1) is 0 Å². The quantitative estimate of drug-likeness (QED) is 0.325. The lowest BCUT2D eigenvalue weighted by Gasteiger charge is -2.31. The Hall–Kier alpha value is -4.09. The van der Waals surface area contributed by atoms with Crippen LogP contribution in [0.1, 0.15) is 34.3 Å². The van der Waals surface area contributed by atoms with Gasteiger partial charge in [0.25, 0.3) is 5.91 Å². The third-order valence-corrected chi connectivity index (χ3v) is 8.68. The van der Waals surface area contributed by atoms with Crippen LogP contribution >= 0.6 is 0 Å². The van der Waals surface area contributed by atoms with Crippen LogP contribution in [0, 0.1) is 6.92 Å². The largest absolute Gasteiger partial charge is 0.479 e. The highest BCUT2D eigenvalue weighted by molar-refractivity contribution is 7.93. The summed E-state index contributed by atoms with van der Waals surface area (Å²) in [6, 6.07) is 14.4. The average molecular weight is 537 g/mol. The summed E-state index contributed by atoms with van der Waals surface area (Å²) in [5.74, 6) is -2.75. The second kappa shape index (κ2) is 11.1. The number of hydrogen-bond donors (Lipinski definition) is 4. The van der Waals surface area contributed by atoms with Crippen molar-refractivity contribution < 1.29 is 27.9 Å². The van der Waals surface area contributed by atoms with Gasteiger partial charge in [-0.05, 0) is 68.3 Å². The number of aromatic nitrogens is 1. The average Bonchev–Trinajstić information content (AvgIpc) is 3.45. The molecule has 4 rings (SSSR count).